The molecule has 0 saturated carbocycles. The monoisotopic (exact) mass is 152 g/mol. The summed E-state index contributed by atoms with van der Waals surface area (Å²) in [5.41, 5.74) is 1.12. The summed E-state index contributed by atoms with van der Waals surface area (Å²) in [6.45, 7) is 10.3. The van der Waals surface area contributed by atoms with Gasteiger partial charge >= 0.3 is 0 Å². The minimum atomic E-state index is 0.515. The third kappa shape index (κ3) is 5.63. The maximum Gasteiger partial charge on any atom is 0.0868 e. The van der Waals surface area contributed by atoms with Crippen LogP contribution in [0.5, 0.6) is 0 Å². The first-order chi connectivity index (χ1) is 5.20. The van der Waals surface area contributed by atoms with Crippen LogP contribution >= 0.6 is 0 Å². The molecule has 0 aliphatic carbocycles. The summed E-state index contributed by atoms with van der Waals surface area (Å²) in [4.78, 5) is 2.10. The summed E-state index contributed by atoms with van der Waals surface area (Å²) in [5, 5.41) is 8.45. The Labute approximate surface area is 69.1 Å². The summed E-state index contributed by atoms with van der Waals surface area (Å²) < 4.78 is 0. The molecular formula is C9H16N2. The van der Waals surface area contributed by atoms with Crippen molar-refractivity contribution in [2.75, 3.05) is 19.6 Å². The summed E-state index contributed by atoms with van der Waals surface area (Å²) in [7, 11) is 0. The van der Waals surface area contributed by atoms with E-state index in [9.17, 15) is 0 Å². The van der Waals surface area contributed by atoms with Gasteiger partial charge in [0.05, 0.1) is 12.6 Å². The molecule has 0 spiro atoms. The van der Waals surface area contributed by atoms with Gasteiger partial charge in [0.2, 0.25) is 0 Å². The summed E-state index contributed by atoms with van der Waals surface area (Å²) in [6, 6.07) is 2.14. The molecule has 2 heteroatoms. The molecule has 11 heavy (non-hydrogen) atoms. The zero-order chi connectivity index (χ0) is 8.69. The highest BCUT2D eigenvalue weighted by molar-refractivity contribution is 4.93. The van der Waals surface area contributed by atoms with Crippen LogP contribution < -0.4 is 0 Å². The van der Waals surface area contributed by atoms with Crippen molar-refractivity contribution >= 4 is 0 Å². The van der Waals surface area contributed by atoms with Crippen molar-refractivity contribution in [1.82, 2.24) is 4.90 Å². The number of nitriles is 1. The Morgan fingerprint density at radius 2 is 2.27 bits per heavy atom. The van der Waals surface area contributed by atoms with Crippen molar-refractivity contribution in [2.45, 2.75) is 20.3 Å². The average Bonchev–Trinajstić information content (AvgIpc) is 1.87. The van der Waals surface area contributed by atoms with E-state index in [-0.39, 0.29) is 0 Å². The number of hydrogen-bond acceptors (Lipinski definition) is 2. The molecule has 0 rings (SSSR count). The molecule has 0 amide bonds. The van der Waals surface area contributed by atoms with Crippen molar-refractivity contribution in [3.8, 4) is 6.07 Å². The second-order valence-electron chi connectivity index (χ2n) is 2.83. The second-order valence-corrected chi connectivity index (χ2v) is 2.83. The first-order valence-corrected chi connectivity index (χ1v) is 3.94. The first-order valence-electron chi connectivity index (χ1n) is 3.94. The fraction of sp³-hybridized carbons (Fsp3) is 0.667. The standard InChI is InChI=1S/C9H16N2/c1-4-6-11(7-5-10)8-9(2)3/h2,4,6-8H2,1,3H3. The van der Waals surface area contributed by atoms with Crippen LogP contribution in [0.2, 0.25) is 0 Å². The fourth-order valence-electron chi connectivity index (χ4n) is 1.01. The minimum absolute atomic E-state index is 0.515. The van der Waals surface area contributed by atoms with Gasteiger partial charge in [0.15, 0.2) is 0 Å². The molecule has 0 unspecified atom stereocenters. The Balaban J connectivity index is 3.70. The highest BCUT2D eigenvalue weighted by Crippen LogP contribution is 1.95. The summed E-state index contributed by atoms with van der Waals surface area (Å²) in [5.74, 6) is 0. The number of rotatable bonds is 5. The lowest BCUT2D eigenvalue weighted by molar-refractivity contribution is 0.332. The summed E-state index contributed by atoms with van der Waals surface area (Å²) in [6.07, 6.45) is 1.09. The maximum atomic E-state index is 8.45. The molecule has 0 aromatic rings. The Bertz CT molecular complexity index is 155. The van der Waals surface area contributed by atoms with Gasteiger partial charge in [-0.15, -0.1) is 0 Å². The molecule has 0 atom stereocenters. The largest absolute Gasteiger partial charge is 0.287 e. The molecular weight excluding hydrogens is 136 g/mol. The smallest absolute Gasteiger partial charge is 0.0868 e. The van der Waals surface area contributed by atoms with Crippen LogP contribution in [0, 0.1) is 11.3 Å². The molecule has 62 valence electrons. The van der Waals surface area contributed by atoms with E-state index in [2.05, 4.69) is 24.5 Å². The summed E-state index contributed by atoms with van der Waals surface area (Å²) >= 11 is 0. The van der Waals surface area contributed by atoms with Crippen molar-refractivity contribution in [3.05, 3.63) is 12.2 Å². The van der Waals surface area contributed by atoms with Gasteiger partial charge in [-0.3, -0.25) is 4.90 Å². The Morgan fingerprint density at radius 3 is 2.64 bits per heavy atom. The van der Waals surface area contributed by atoms with Crippen LogP contribution in [0.1, 0.15) is 20.3 Å². The average molecular weight is 152 g/mol. The van der Waals surface area contributed by atoms with Crippen molar-refractivity contribution in [1.29, 1.82) is 5.26 Å². The normalized spacial score (nSPS) is 9.64. The Kier molecular flexibility index (Phi) is 5.50. The van der Waals surface area contributed by atoms with E-state index < -0.39 is 0 Å². The molecule has 0 fully saturated rings. The van der Waals surface area contributed by atoms with Gasteiger partial charge in [0.25, 0.3) is 0 Å². The Morgan fingerprint density at radius 1 is 1.64 bits per heavy atom. The molecule has 0 N–H and O–H groups in total. The van der Waals surface area contributed by atoms with Crippen molar-refractivity contribution in [2.24, 2.45) is 0 Å². The first kappa shape index (κ1) is 10.2. The van der Waals surface area contributed by atoms with Crippen LogP contribution in [0.4, 0.5) is 0 Å². The van der Waals surface area contributed by atoms with Gasteiger partial charge in [-0.2, -0.15) is 5.26 Å². The predicted octanol–water partition coefficient (Wildman–Crippen LogP) is 1.80. The molecule has 0 aliphatic rings. The molecule has 0 aliphatic heterocycles. The van der Waals surface area contributed by atoms with Gasteiger partial charge in [-0.1, -0.05) is 19.1 Å². The van der Waals surface area contributed by atoms with E-state index in [4.69, 9.17) is 5.26 Å². The van der Waals surface area contributed by atoms with E-state index >= 15 is 0 Å². The van der Waals surface area contributed by atoms with E-state index in [1.807, 2.05) is 6.92 Å². The van der Waals surface area contributed by atoms with Crippen molar-refractivity contribution < 1.29 is 0 Å². The molecule has 2 nitrogen and oxygen atoms in total. The zero-order valence-corrected chi connectivity index (χ0v) is 7.43. The molecule has 0 heterocycles. The highest BCUT2D eigenvalue weighted by atomic mass is 15.1. The predicted molar refractivity (Wildman–Crippen MR) is 47.2 cm³/mol. The SMILES string of the molecule is C=C(C)CN(CC#N)CCC. The van der Waals surface area contributed by atoms with Gasteiger partial charge in [0, 0.05) is 6.54 Å². The van der Waals surface area contributed by atoms with Crippen LogP contribution in [0.25, 0.3) is 0 Å². The quantitative estimate of drug-likeness (QED) is 0.443. The topological polar surface area (TPSA) is 27.0 Å². The fourth-order valence-corrected chi connectivity index (χ4v) is 1.01. The van der Waals surface area contributed by atoms with Crippen LogP contribution in [0.15, 0.2) is 12.2 Å². The molecule has 0 aromatic carbocycles. The van der Waals surface area contributed by atoms with Crippen LogP contribution in [-0.4, -0.2) is 24.5 Å². The van der Waals surface area contributed by atoms with Gasteiger partial charge in [0.1, 0.15) is 0 Å². The molecule has 0 aromatic heterocycles. The third-order valence-corrected chi connectivity index (χ3v) is 1.33. The van der Waals surface area contributed by atoms with Gasteiger partial charge < -0.3 is 0 Å². The van der Waals surface area contributed by atoms with Gasteiger partial charge in [-0.05, 0) is 19.9 Å². The highest BCUT2D eigenvalue weighted by Gasteiger charge is 2.01. The molecule has 0 bridgehead atoms. The Hall–Kier alpha value is -0.810. The maximum absolute atomic E-state index is 8.45. The van der Waals surface area contributed by atoms with E-state index in [1.165, 1.54) is 0 Å². The molecule has 0 saturated heterocycles. The zero-order valence-electron chi connectivity index (χ0n) is 7.43. The van der Waals surface area contributed by atoms with Crippen LogP contribution in [0.3, 0.4) is 0 Å². The third-order valence-electron chi connectivity index (χ3n) is 1.33. The van der Waals surface area contributed by atoms with E-state index in [0.717, 1.165) is 25.1 Å². The second kappa shape index (κ2) is 5.94. The lowest BCUT2D eigenvalue weighted by Gasteiger charge is -2.17. The van der Waals surface area contributed by atoms with E-state index in [0.29, 0.717) is 6.54 Å². The lowest BCUT2D eigenvalue weighted by atomic mass is 10.3. The number of hydrogen-bond donors (Lipinski definition) is 0. The number of nitrogens with zero attached hydrogens (tertiary/aromatic N) is 2. The molecule has 0 radical (unpaired) electrons. The van der Waals surface area contributed by atoms with E-state index in [1.54, 1.807) is 0 Å². The van der Waals surface area contributed by atoms with Crippen molar-refractivity contribution in [3.63, 3.8) is 0 Å². The van der Waals surface area contributed by atoms with Crippen LogP contribution in [-0.2, 0) is 0 Å². The minimum Gasteiger partial charge on any atom is -0.287 e. The van der Waals surface area contributed by atoms with Gasteiger partial charge in [-0.25, -0.2) is 0 Å². The lowest BCUT2D eigenvalue weighted by Crippen LogP contribution is -2.26.